The molecule has 0 spiro atoms. The predicted molar refractivity (Wildman–Crippen MR) is 75.2 cm³/mol. The quantitative estimate of drug-likeness (QED) is 0.862. The number of carboxylic acid groups (broad SMARTS) is 1. The van der Waals surface area contributed by atoms with Crippen LogP contribution in [0.15, 0.2) is 10.4 Å². The van der Waals surface area contributed by atoms with Gasteiger partial charge in [-0.3, -0.25) is 4.79 Å². The molecule has 6 nitrogen and oxygen atoms in total. The highest BCUT2D eigenvalue weighted by Crippen LogP contribution is 2.36. The van der Waals surface area contributed by atoms with Crippen molar-refractivity contribution >= 4 is 27.3 Å². The minimum atomic E-state index is -3.67. The van der Waals surface area contributed by atoms with E-state index in [4.69, 9.17) is 0 Å². The lowest BCUT2D eigenvalue weighted by Crippen LogP contribution is -2.44. The summed E-state index contributed by atoms with van der Waals surface area (Å²) in [6.07, 6.45) is 5.01. The maximum absolute atomic E-state index is 12.1. The first-order chi connectivity index (χ1) is 9.36. The fourth-order valence-electron chi connectivity index (χ4n) is 2.47. The molecule has 0 bridgehead atoms. The second-order valence-electron chi connectivity index (χ2n) is 5.17. The van der Waals surface area contributed by atoms with Crippen LogP contribution in [0.2, 0.25) is 0 Å². The summed E-state index contributed by atoms with van der Waals surface area (Å²) in [4.78, 5) is 15.4. The molecule has 1 aromatic heterocycles. The molecule has 1 saturated carbocycles. The number of hydrogen-bond donors (Lipinski definition) is 2. The molecule has 20 heavy (non-hydrogen) atoms. The molecule has 0 radical (unpaired) electrons. The number of hydrogen-bond acceptors (Lipinski definition) is 5. The van der Waals surface area contributed by atoms with Crippen LogP contribution in [0.4, 0.5) is 0 Å². The smallest absolute Gasteiger partial charge is 0.310 e. The summed E-state index contributed by atoms with van der Waals surface area (Å²) in [6.45, 7) is 1.67. The summed E-state index contributed by atoms with van der Waals surface area (Å²) in [5.74, 6) is -0.916. The third kappa shape index (κ3) is 3.18. The van der Waals surface area contributed by atoms with Gasteiger partial charge >= 0.3 is 5.97 Å². The maximum Gasteiger partial charge on any atom is 0.310 e. The predicted octanol–water partition coefficient (Wildman–Crippen LogP) is 1.76. The average molecular weight is 318 g/mol. The van der Waals surface area contributed by atoms with Crippen molar-refractivity contribution < 1.29 is 18.3 Å². The zero-order chi connectivity index (χ0) is 14.8. The Hall–Kier alpha value is -0.990. The first kappa shape index (κ1) is 15.4. The highest BCUT2D eigenvalue weighted by atomic mass is 32.2. The molecule has 0 aliphatic heterocycles. The number of carboxylic acids is 1. The van der Waals surface area contributed by atoms with E-state index in [2.05, 4.69) is 9.71 Å². The number of aliphatic carboxylic acids is 1. The first-order valence-electron chi connectivity index (χ1n) is 6.51. The van der Waals surface area contributed by atoms with Crippen LogP contribution in [0.5, 0.6) is 0 Å². The van der Waals surface area contributed by atoms with Crippen molar-refractivity contribution in [1.82, 2.24) is 9.71 Å². The van der Waals surface area contributed by atoms with E-state index in [-0.39, 0.29) is 10.8 Å². The zero-order valence-electron chi connectivity index (χ0n) is 11.3. The number of nitrogens with zero attached hydrogens (tertiary/aromatic N) is 1. The lowest BCUT2D eigenvalue weighted by molar-refractivity contribution is -0.150. The zero-order valence-corrected chi connectivity index (χ0v) is 12.9. The van der Waals surface area contributed by atoms with Crippen molar-refractivity contribution in [2.45, 2.75) is 43.2 Å². The molecule has 8 heteroatoms. The summed E-state index contributed by atoms with van der Waals surface area (Å²) in [5.41, 5.74) is -0.967. The van der Waals surface area contributed by atoms with Gasteiger partial charge in [0.15, 0.2) is 4.21 Å². The van der Waals surface area contributed by atoms with E-state index in [1.54, 1.807) is 6.92 Å². The van der Waals surface area contributed by atoms with Gasteiger partial charge in [-0.25, -0.2) is 18.1 Å². The second-order valence-corrected chi connectivity index (χ2v) is 8.40. The highest BCUT2D eigenvalue weighted by molar-refractivity contribution is 7.91. The van der Waals surface area contributed by atoms with E-state index < -0.39 is 21.4 Å². The molecule has 112 valence electrons. The molecule has 2 rings (SSSR count). The van der Waals surface area contributed by atoms with Crippen LogP contribution in [-0.2, 0) is 14.8 Å². The molecule has 0 unspecified atom stereocenters. The monoisotopic (exact) mass is 318 g/mol. The second kappa shape index (κ2) is 5.79. The average Bonchev–Trinajstić information content (AvgIpc) is 2.85. The number of thiazole rings is 1. The molecule has 1 aromatic rings. The fraction of sp³-hybridized carbons (Fsp3) is 0.667. The van der Waals surface area contributed by atoms with Crippen LogP contribution in [0.3, 0.4) is 0 Å². The van der Waals surface area contributed by atoms with E-state index in [0.29, 0.717) is 17.8 Å². The van der Waals surface area contributed by atoms with Gasteiger partial charge in [0.1, 0.15) is 0 Å². The van der Waals surface area contributed by atoms with Gasteiger partial charge in [-0.05, 0) is 19.8 Å². The summed E-state index contributed by atoms with van der Waals surface area (Å²) in [7, 11) is -3.67. The number of aryl methyl sites for hydroxylation is 1. The van der Waals surface area contributed by atoms with Crippen molar-refractivity contribution in [3.8, 4) is 0 Å². The molecule has 1 aliphatic carbocycles. The summed E-state index contributed by atoms with van der Waals surface area (Å²) < 4.78 is 26.8. The third-order valence-electron chi connectivity index (χ3n) is 3.73. The van der Waals surface area contributed by atoms with Crippen molar-refractivity contribution in [2.24, 2.45) is 5.41 Å². The largest absolute Gasteiger partial charge is 0.481 e. The Morgan fingerprint density at radius 2 is 2.10 bits per heavy atom. The molecule has 0 aromatic carbocycles. The first-order valence-corrected chi connectivity index (χ1v) is 8.81. The Labute approximate surface area is 122 Å². The van der Waals surface area contributed by atoms with Gasteiger partial charge in [0.25, 0.3) is 10.0 Å². The molecule has 0 saturated heterocycles. The molecular formula is C12H18N2O4S2. The van der Waals surface area contributed by atoms with E-state index >= 15 is 0 Å². The minimum Gasteiger partial charge on any atom is -0.481 e. The van der Waals surface area contributed by atoms with Gasteiger partial charge < -0.3 is 5.11 Å². The van der Waals surface area contributed by atoms with Crippen molar-refractivity contribution in [3.05, 3.63) is 11.2 Å². The Bertz CT molecular complexity index is 588. The summed E-state index contributed by atoms with van der Waals surface area (Å²) >= 11 is 1.08. The fourth-order valence-corrected chi connectivity index (χ4v) is 4.74. The Balaban J connectivity index is 2.11. The SMILES string of the molecule is Cc1ncc(S(=O)(=O)NCC2(C(=O)O)CCCCC2)s1. The van der Waals surface area contributed by atoms with Crippen LogP contribution in [-0.4, -0.2) is 31.0 Å². The number of sulfonamides is 1. The van der Waals surface area contributed by atoms with E-state index in [1.165, 1.54) is 6.20 Å². The van der Waals surface area contributed by atoms with Crippen LogP contribution >= 0.6 is 11.3 Å². The van der Waals surface area contributed by atoms with Crippen LogP contribution in [0, 0.1) is 12.3 Å². The molecule has 1 aliphatic rings. The highest BCUT2D eigenvalue weighted by Gasteiger charge is 2.40. The number of carbonyl (C=O) groups is 1. The summed E-state index contributed by atoms with van der Waals surface area (Å²) in [6, 6.07) is 0. The summed E-state index contributed by atoms with van der Waals surface area (Å²) in [5, 5.41) is 10.1. The number of nitrogens with one attached hydrogen (secondary N) is 1. The molecule has 0 amide bonds. The number of aromatic nitrogens is 1. The van der Waals surface area contributed by atoms with Gasteiger partial charge in [0, 0.05) is 6.54 Å². The van der Waals surface area contributed by atoms with Crippen molar-refractivity contribution in [3.63, 3.8) is 0 Å². The topological polar surface area (TPSA) is 96.4 Å². The van der Waals surface area contributed by atoms with Crippen LogP contribution in [0.25, 0.3) is 0 Å². The molecule has 2 N–H and O–H groups in total. The van der Waals surface area contributed by atoms with Gasteiger partial charge in [-0.2, -0.15) is 0 Å². The Morgan fingerprint density at radius 1 is 1.45 bits per heavy atom. The minimum absolute atomic E-state index is 0.0540. The van der Waals surface area contributed by atoms with Crippen LogP contribution < -0.4 is 4.72 Å². The van der Waals surface area contributed by atoms with Crippen molar-refractivity contribution in [1.29, 1.82) is 0 Å². The number of rotatable bonds is 5. The van der Waals surface area contributed by atoms with Gasteiger partial charge in [0.2, 0.25) is 0 Å². The molecule has 1 fully saturated rings. The standard InChI is InChI=1S/C12H18N2O4S2/c1-9-13-7-10(19-9)20(17,18)14-8-12(11(15)16)5-3-2-4-6-12/h7,14H,2-6,8H2,1H3,(H,15,16). The van der Waals surface area contributed by atoms with Gasteiger partial charge in [-0.15, -0.1) is 11.3 Å². The van der Waals surface area contributed by atoms with Gasteiger partial charge in [0.05, 0.1) is 16.6 Å². The van der Waals surface area contributed by atoms with E-state index in [9.17, 15) is 18.3 Å². The third-order valence-corrected chi connectivity index (χ3v) is 6.51. The lowest BCUT2D eigenvalue weighted by Gasteiger charge is -2.32. The van der Waals surface area contributed by atoms with Gasteiger partial charge in [-0.1, -0.05) is 19.3 Å². The van der Waals surface area contributed by atoms with E-state index in [1.807, 2.05) is 0 Å². The van der Waals surface area contributed by atoms with Crippen LogP contribution in [0.1, 0.15) is 37.1 Å². The normalized spacial score (nSPS) is 18.9. The Morgan fingerprint density at radius 3 is 2.60 bits per heavy atom. The maximum atomic E-state index is 12.1. The molecular weight excluding hydrogens is 300 g/mol. The Kier molecular flexibility index (Phi) is 4.46. The molecule has 0 atom stereocenters. The van der Waals surface area contributed by atoms with E-state index in [0.717, 1.165) is 30.6 Å². The lowest BCUT2D eigenvalue weighted by atomic mass is 9.74. The molecule has 1 heterocycles. The van der Waals surface area contributed by atoms with Crippen molar-refractivity contribution in [2.75, 3.05) is 6.54 Å².